The van der Waals surface area contributed by atoms with Crippen LogP contribution in [-0.2, 0) is 14.9 Å². The van der Waals surface area contributed by atoms with Crippen molar-refractivity contribution in [2.45, 2.75) is 96.6 Å². The van der Waals surface area contributed by atoms with E-state index in [1.54, 1.807) is 0 Å². The number of hydrogen-bond acceptors (Lipinski definition) is 3. The van der Waals surface area contributed by atoms with E-state index in [4.69, 9.17) is 4.74 Å². The number of methoxy groups -OCH3 is 1. The number of nitrogens with zero attached hydrogens (tertiary/aromatic N) is 1. The molecule has 1 N–H and O–H groups in total. The van der Waals surface area contributed by atoms with Crippen molar-refractivity contribution in [1.29, 1.82) is 0 Å². The first-order valence-corrected chi connectivity index (χ1v) is 13.1. The van der Waals surface area contributed by atoms with Gasteiger partial charge in [-0.15, -0.1) is 0 Å². The zero-order valence-electron chi connectivity index (χ0n) is 21.9. The molecule has 1 aromatic carbocycles. The van der Waals surface area contributed by atoms with Gasteiger partial charge in [0.2, 0.25) is 0 Å². The number of hydrogen-bond donors (Lipinski definition) is 1. The highest BCUT2D eigenvalue weighted by molar-refractivity contribution is 6.21. The molecule has 1 aliphatic heterocycles. The van der Waals surface area contributed by atoms with E-state index < -0.39 is 0 Å². The largest absolute Gasteiger partial charge is 0.379 e. The number of piperidine rings is 1. The number of benzene rings is 1. The van der Waals surface area contributed by atoms with Crippen molar-refractivity contribution >= 4 is 11.5 Å². The monoisotopic (exact) mass is 454 g/mol. The van der Waals surface area contributed by atoms with Gasteiger partial charge in [0.1, 0.15) is 0 Å². The standard InChI is InChI=1S/C29H46N2O2/c1-7-23(3)30-27(32)25-21-29(26-13-9-8-12-24(25)26)16-19-31(20-17-29)18-14-22(2)11-10-15-28(4,5)33-6/h8-9,12-13,21-23H,7,10-11,14-20H2,1-6H3,(H,30,32). The molecule has 1 amide bonds. The number of allylic oxidation sites excluding steroid dienone is 1. The molecule has 1 aliphatic carbocycles. The number of likely N-dealkylation sites (tertiary alicyclic amines) is 1. The molecule has 4 heteroatoms. The van der Waals surface area contributed by atoms with Gasteiger partial charge in [-0.2, -0.15) is 0 Å². The minimum atomic E-state index is -0.00364. The topological polar surface area (TPSA) is 41.6 Å². The molecule has 184 valence electrons. The molecule has 2 unspecified atom stereocenters. The SMILES string of the molecule is CCC(C)NC(=O)C1=CC2(CCN(CCC(C)CCCC(C)(C)OC)CC2)c2ccccc21. The van der Waals surface area contributed by atoms with Crippen LogP contribution in [0.2, 0.25) is 0 Å². The maximum absolute atomic E-state index is 13.0. The second-order valence-electron chi connectivity index (χ2n) is 11.1. The van der Waals surface area contributed by atoms with Gasteiger partial charge in [0.25, 0.3) is 5.91 Å². The molecule has 4 nitrogen and oxygen atoms in total. The Bertz CT molecular complexity index is 821. The maximum atomic E-state index is 13.0. The summed E-state index contributed by atoms with van der Waals surface area (Å²) in [5.41, 5.74) is 3.39. The highest BCUT2D eigenvalue weighted by Crippen LogP contribution is 2.47. The summed E-state index contributed by atoms with van der Waals surface area (Å²) in [6, 6.07) is 8.76. The summed E-state index contributed by atoms with van der Waals surface area (Å²) in [4.78, 5) is 15.6. The van der Waals surface area contributed by atoms with E-state index in [1.807, 2.05) is 7.11 Å². The van der Waals surface area contributed by atoms with E-state index in [2.05, 4.69) is 75.2 Å². The van der Waals surface area contributed by atoms with Gasteiger partial charge < -0.3 is 15.0 Å². The van der Waals surface area contributed by atoms with Gasteiger partial charge in [-0.05, 0) is 89.6 Å². The van der Waals surface area contributed by atoms with E-state index in [9.17, 15) is 4.79 Å². The molecule has 1 saturated heterocycles. The summed E-state index contributed by atoms with van der Waals surface area (Å²) in [5.74, 6) is 0.832. The third-order valence-electron chi connectivity index (χ3n) is 8.12. The lowest BCUT2D eigenvalue weighted by atomic mass is 9.74. The van der Waals surface area contributed by atoms with E-state index in [1.165, 1.54) is 31.4 Å². The lowest BCUT2D eigenvalue weighted by Crippen LogP contribution is -2.41. The summed E-state index contributed by atoms with van der Waals surface area (Å²) in [7, 11) is 1.81. The minimum absolute atomic E-state index is 0.00364. The Balaban J connectivity index is 1.55. The lowest BCUT2D eigenvalue weighted by Gasteiger charge is -2.39. The Morgan fingerprint density at radius 3 is 2.55 bits per heavy atom. The summed E-state index contributed by atoms with van der Waals surface area (Å²) < 4.78 is 5.55. The minimum Gasteiger partial charge on any atom is -0.379 e. The van der Waals surface area contributed by atoms with Crippen LogP contribution in [0.5, 0.6) is 0 Å². The van der Waals surface area contributed by atoms with Gasteiger partial charge in [-0.1, -0.05) is 57.0 Å². The van der Waals surface area contributed by atoms with E-state index >= 15 is 0 Å². The van der Waals surface area contributed by atoms with Gasteiger partial charge in [-0.3, -0.25) is 4.79 Å². The lowest BCUT2D eigenvalue weighted by molar-refractivity contribution is -0.116. The highest BCUT2D eigenvalue weighted by Gasteiger charge is 2.42. The van der Waals surface area contributed by atoms with Crippen LogP contribution in [0.4, 0.5) is 0 Å². The Morgan fingerprint density at radius 1 is 1.18 bits per heavy atom. The van der Waals surface area contributed by atoms with Gasteiger partial charge in [0.05, 0.1) is 5.60 Å². The maximum Gasteiger partial charge on any atom is 0.251 e. The van der Waals surface area contributed by atoms with Crippen molar-refractivity contribution in [2.24, 2.45) is 5.92 Å². The van der Waals surface area contributed by atoms with E-state index in [0.29, 0.717) is 0 Å². The van der Waals surface area contributed by atoms with Crippen LogP contribution >= 0.6 is 0 Å². The second kappa shape index (κ2) is 11.2. The van der Waals surface area contributed by atoms with Crippen LogP contribution in [0.15, 0.2) is 30.3 Å². The second-order valence-corrected chi connectivity index (χ2v) is 11.1. The molecule has 0 bridgehead atoms. The molecular weight excluding hydrogens is 408 g/mol. The molecule has 1 spiro atoms. The van der Waals surface area contributed by atoms with Gasteiger partial charge in [0.15, 0.2) is 0 Å². The molecule has 2 atom stereocenters. The first-order valence-electron chi connectivity index (χ1n) is 13.1. The van der Waals surface area contributed by atoms with Crippen molar-refractivity contribution in [1.82, 2.24) is 10.2 Å². The van der Waals surface area contributed by atoms with Crippen LogP contribution < -0.4 is 5.32 Å². The normalized spacial score (nSPS) is 19.8. The van der Waals surface area contributed by atoms with Gasteiger partial charge >= 0.3 is 0 Å². The smallest absolute Gasteiger partial charge is 0.251 e. The number of carbonyl (C=O) groups excluding carboxylic acids is 1. The molecule has 1 aromatic rings. The molecule has 0 saturated carbocycles. The molecule has 1 heterocycles. The van der Waals surface area contributed by atoms with Crippen LogP contribution in [0.1, 0.15) is 90.7 Å². The molecule has 3 rings (SSSR count). The fourth-order valence-electron chi connectivity index (χ4n) is 5.29. The van der Waals surface area contributed by atoms with Crippen LogP contribution in [0.25, 0.3) is 5.57 Å². The average molecular weight is 455 g/mol. The summed E-state index contributed by atoms with van der Waals surface area (Å²) in [6.07, 6.45) is 10.3. The zero-order valence-corrected chi connectivity index (χ0v) is 21.9. The van der Waals surface area contributed by atoms with Crippen molar-refractivity contribution in [2.75, 3.05) is 26.7 Å². The first-order chi connectivity index (χ1) is 15.7. The number of amides is 1. The fourth-order valence-corrected chi connectivity index (χ4v) is 5.29. The van der Waals surface area contributed by atoms with Crippen LogP contribution in [-0.4, -0.2) is 49.2 Å². The van der Waals surface area contributed by atoms with Gasteiger partial charge in [0, 0.05) is 24.1 Å². The van der Waals surface area contributed by atoms with E-state index in [-0.39, 0.29) is 23.0 Å². The predicted octanol–water partition coefficient (Wildman–Crippen LogP) is 5.95. The fraction of sp³-hybridized carbons (Fsp3) is 0.690. The Kier molecular flexibility index (Phi) is 8.80. The quantitative estimate of drug-likeness (QED) is 0.449. The molecule has 0 radical (unpaired) electrons. The number of fused-ring (bicyclic) bond motifs is 2. The predicted molar refractivity (Wildman–Crippen MR) is 138 cm³/mol. The van der Waals surface area contributed by atoms with Crippen LogP contribution in [0, 0.1) is 5.92 Å². The molecule has 0 aromatic heterocycles. The molecule has 33 heavy (non-hydrogen) atoms. The van der Waals surface area contributed by atoms with Crippen molar-refractivity contribution in [3.05, 3.63) is 41.5 Å². The van der Waals surface area contributed by atoms with Crippen molar-refractivity contribution in [3.8, 4) is 0 Å². The number of carbonyl (C=O) groups is 1. The number of ether oxygens (including phenoxy) is 1. The molecule has 1 fully saturated rings. The third kappa shape index (κ3) is 6.48. The average Bonchev–Trinajstić information content (AvgIpc) is 3.13. The first kappa shape index (κ1) is 26.0. The number of rotatable bonds is 11. The third-order valence-corrected chi connectivity index (χ3v) is 8.12. The summed E-state index contributed by atoms with van der Waals surface area (Å²) in [6.45, 7) is 14.3. The highest BCUT2D eigenvalue weighted by atomic mass is 16.5. The van der Waals surface area contributed by atoms with Gasteiger partial charge in [-0.25, -0.2) is 0 Å². The Labute approximate surface area is 202 Å². The zero-order chi connectivity index (χ0) is 24.1. The van der Waals surface area contributed by atoms with Crippen LogP contribution in [0.3, 0.4) is 0 Å². The van der Waals surface area contributed by atoms with E-state index in [0.717, 1.165) is 55.8 Å². The van der Waals surface area contributed by atoms with Crippen molar-refractivity contribution in [3.63, 3.8) is 0 Å². The Morgan fingerprint density at radius 2 is 1.88 bits per heavy atom. The Hall–Kier alpha value is -1.65. The summed E-state index contributed by atoms with van der Waals surface area (Å²) in [5, 5.41) is 3.18. The molecular formula is C29H46N2O2. The molecule has 2 aliphatic rings. The summed E-state index contributed by atoms with van der Waals surface area (Å²) >= 11 is 0. The van der Waals surface area contributed by atoms with Crippen molar-refractivity contribution < 1.29 is 9.53 Å². The number of nitrogens with one attached hydrogen (secondary N) is 1.